The average Bonchev–Trinajstić information content (AvgIpc) is 2.74. The Kier molecular flexibility index (Phi) is 4.34. The van der Waals surface area contributed by atoms with E-state index in [1.54, 1.807) is 0 Å². The molecule has 0 saturated carbocycles. The molecule has 1 unspecified atom stereocenters. The highest BCUT2D eigenvalue weighted by atomic mass is 79.9. The van der Waals surface area contributed by atoms with Crippen LogP contribution in [0.15, 0.2) is 15.2 Å². The van der Waals surface area contributed by atoms with Crippen LogP contribution in [-0.4, -0.2) is 38.3 Å². The molecule has 16 heavy (non-hydrogen) atoms. The van der Waals surface area contributed by atoms with Gasteiger partial charge in [0, 0.05) is 24.5 Å². The minimum Gasteiger partial charge on any atom is -0.378 e. The molecule has 1 atom stereocenters. The summed E-state index contributed by atoms with van der Waals surface area (Å²) in [7, 11) is 0. The maximum absolute atomic E-state index is 11.7. The highest BCUT2D eigenvalue weighted by molar-refractivity contribution is 9.11. The minimum absolute atomic E-state index is 0.0330. The Balaban J connectivity index is 1.79. The zero-order valence-corrected chi connectivity index (χ0v) is 11.1. The second-order valence-electron chi connectivity index (χ2n) is 3.58. The molecule has 1 aromatic heterocycles. The monoisotopic (exact) mass is 304 g/mol. The van der Waals surface area contributed by atoms with Crippen molar-refractivity contribution in [3.05, 3.63) is 20.8 Å². The molecule has 0 spiro atoms. The van der Waals surface area contributed by atoms with E-state index in [0.717, 1.165) is 16.9 Å². The van der Waals surface area contributed by atoms with Crippen molar-refractivity contribution < 1.29 is 9.53 Å². The van der Waals surface area contributed by atoms with Crippen LogP contribution in [0.5, 0.6) is 0 Å². The van der Waals surface area contributed by atoms with Crippen LogP contribution in [0.4, 0.5) is 0 Å². The third-order valence-corrected chi connectivity index (χ3v) is 3.84. The Morgan fingerprint density at radius 1 is 1.75 bits per heavy atom. The lowest BCUT2D eigenvalue weighted by Crippen LogP contribution is -2.48. The van der Waals surface area contributed by atoms with Gasteiger partial charge in [0.2, 0.25) is 0 Å². The number of carbonyl (C=O) groups excluding carboxylic acids is 1. The molecular weight excluding hydrogens is 292 g/mol. The number of morpholine rings is 1. The zero-order valence-electron chi connectivity index (χ0n) is 8.66. The maximum atomic E-state index is 11.7. The number of hydrogen-bond acceptors (Lipinski definition) is 4. The van der Waals surface area contributed by atoms with Gasteiger partial charge in [-0.05, 0) is 22.0 Å². The summed E-state index contributed by atoms with van der Waals surface area (Å²) in [6.45, 7) is 2.87. The van der Waals surface area contributed by atoms with E-state index < -0.39 is 0 Å². The molecule has 1 fully saturated rings. The number of amides is 1. The van der Waals surface area contributed by atoms with E-state index in [1.807, 2.05) is 11.4 Å². The fourth-order valence-electron chi connectivity index (χ4n) is 1.50. The molecule has 1 aromatic rings. The number of thiophene rings is 1. The van der Waals surface area contributed by atoms with E-state index in [9.17, 15) is 4.79 Å². The molecular formula is C10H13BrN2O2S. The Morgan fingerprint density at radius 3 is 3.25 bits per heavy atom. The smallest absolute Gasteiger partial charge is 0.252 e. The zero-order chi connectivity index (χ0) is 11.4. The van der Waals surface area contributed by atoms with Crippen LogP contribution in [-0.2, 0) is 4.74 Å². The fourth-order valence-corrected chi connectivity index (χ4v) is 2.63. The summed E-state index contributed by atoms with van der Waals surface area (Å²) >= 11 is 4.84. The standard InChI is InChI=1S/C10H13BrN2O2S/c11-9-3-7(6-16-9)10(14)13-4-8-5-15-2-1-12-8/h3,6,8,12H,1-2,4-5H2,(H,13,14). The van der Waals surface area contributed by atoms with Gasteiger partial charge in [-0.1, -0.05) is 0 Å². The van der Waals surface area contributed by atoms with Crippen LogP contribution in [0.3, 0.4) is 0 Å². The highest BCUT2D eigenvalue weighted by Gasteiger charge is 2.14. The lowest BCUT2D eigenvalue weighted by molar-refractivity contribution is 0.0735. The molecule has 1 saturated heterocycles. The van der Waals surface area contributed by atoms with E-state index >= 15 is 0 Å². The SMILES string of the molecule is O=C(NCC1COCCN1)c1csc(Br)c1. The summed E-state index contributed by atoms with van der Waals surface area (Å²) in [6, 6.07) is 2.05. The Hall–Kier alpha value is -0.430. The van der Waals surface area contributed by atoms with Crippen molar-refractivity contribution in [1.29, 1.82) is 0 Å². The third kappa shape index (κ3) is 3.28. The first kappa shape index (κ1) is 12.0. The van der Waals surface area contributed by atoms with E-state index in [0.29, 0.717) is 18.7 Å². The van der Waals surface area contributed by atoms with Gasteiger partial charge in [-0.2, -0.15) is 0 Å². The highest BCUT2D eigenvalue weighted by Crippen LogP contribution is 2.20. The van der Waals surface area contributed by atoms with Crippen LogP contribution < -0.4 is 10.6 Å². The Labute approximate surface area is 106 Å². The van der Waals surface area contributed by atoms with Crippen LogP contribution in [0.1, 0.15) is 10.4 Å². The lowest BCUT2D eigenvalue weighted by Gasteiger charge is -2.23. The molecule has 0 aromatic carbocycles. The number of rotatable bonds is 3. The van der Waals surface area contributed by atoms with Crippen molar-refractivity contribution in [2.45, 2.75) is 6.04 Å². The number of hydrogen-bond donors (Lipinski definition) is 2. The molecule has 1 aliphatic heterocycles. The summed E-state index contributed by atoms with van der Waals surface area (Å²) in [5.74, 6) is -0.0330. The van der Waals surface area contributed by atoms with E-state index in [2.05, 4.69) is 26.6 Å². The number of carbonyl (C=O) groups is 1. The molecule has 2 heterocycles. The fraction of sp³-hybridized carbons (Fsp3) is 0.500. The minimum atomic E-state index is -0.0330. The van der Waals surface area contributed by atoms with Gasteiger partial charge in [-0.25, -0.2) is 0 Å². The molecule has 4 nitrogen and oxygen atoms in total. The number of nitrogens with one attached hydrogen (secondary N) is 2. The van der Waals surface area contributed by atoms with Crippen molar-refractivity contribution >= 4 is 33.2 Å². The van der Waals surface area contributed by atoms with E-state index in [1.165, 1.54) is 11.3 Å². The van der Waals surface area contributed by atoms with Crippen molar-refractivity contribution in [3.8, 4) is 0 Å². The van der Waals surface area contributed by atoms with Crippen LogP contribution in [0.25, 0.3) is 0 Å². The molecule has 6 heteroatoms. The Morgan fingerprint density at radius 2 is 2.62 bits per heavy atom. The van der Waals surface area contributed by atoms with Gasteiger partial charge < -0.3 is 15.4 Å². The molecule has 0 bridgehead atoms. The molecule has 0 aliphatic carbocycles. The molecule has 0 radical (unpaired) electrons. The maximum Gasteiger partial charge on any atom is 0.252 e. The van der Waals surface area contributed by atoms with Crippen molar-refractivity contribution in [3.63, 3.8) is 0 Å². The van der Waals surface area contributed by atoms with Crippen molar-refractivity contribution in [2.75, 3.05) is 26.3 Å². The second kappa shape index (κ2) is 5.77. The van der Waals surface area contributed by atoms with Crippen LogP contribution >= 0.6 is 27.3 Å². The first-order chi connectivity index (χ1) is 7.75. The van der Waals surface area contributed by atoms with Gasteiger partial charge in [0.05, 0.1) is 22.6 Å². The molecule has 2 N–H and O–H groups in total. The first-order valence-corrected chi connectivity index (χ1v) is 6.76. The van der Waals surface area contributed by atoms with Crippen molar-refractivity contribution in [2.24, 2.45) is 0 Å². The molecule has 1 aliphatic rings. The number of halogens is 1. The van der Waals surface area contributed by atoms with Gasteiger partial charge in [0.25, 0.3) is 5.91 Å². The topological polar surface area (TPSA) is 50.4 Å². The summed E-state index contributed by atoms with van der Waals surface area (Å²) in [5, 5.41) is 8.01. The predicted octanol–water partition coefficient (Wildman–Crippen LogP) is 1.23. The van der Waals surface area contributed by atoms with Crippen molar-refractivity contribution in [1.82, 2.24) is 10.6 Å². The average molecular weight is 305 g/mol. The van der Waals surface area contributed by atoms with E-state index in [4.69, 9.17) is 4.74 Å². The van der Waals surface area contributed by atoms with Gasteiger partial charge in [-0.15, -0.1) is 11.3 Å². The first-order valence-electron chi connectivity index (χ1n) is 5.09. The van der Waals surface area contributed by atoms with Gasteiger partial charge in [0.1, 0.15) is 0 Å². The summed E-state index contributed by atoms with van der Waals surface area (Å²) in [6.07, 6.45) is 0. The summed E-state index contributed by atoms with van der Waals surface area (Å²) in [4.78, 5) is 11.7. The third-order valence-electron chi connectivity index (χ3n) is 2.34. The second-order valence-corrected chi connectivity index (χ2v) is 5.87. The van der Waals surface area contributed by atoms with Crippen LogP contribution in [0.2, 0.25) is 0 Å². The summed E-state index contributed by atoms with van der Waals surface area (Å²) < 4.78 is 6.27. The van der Waals surface area contributed by atoms with E-state index in [-0.39, 0.29) is 11.9 Å². The molecule has 88 valence electrons. The predicted molar refractivity (Wildman–Crippen MR) is 67.0 cm³/mol. The molecule has 1 amide bonds. The quantitative estimate of drug-likeness (QED) is 0.883. The Bertz CT molecular complexity index is 363. The molecule has 2 rings (SSSR count). The van der Waals surface area contributed by atoms with Gasteiger partial charge in [0.15, 0.2) is 0 Å². The normalized spacial score (nSPS) is 20.7. The largest absolute Gasteiger partial charge is 0.378 e. The van der Waals surface area contributed by atoms with Gasteiger partial charge >= 0.3 is 0 Å². The van der Waals surface area contributed by atoms with Gasteiger partial charge in [-0.3, -0.25) is 4.79 Å². The van der Waals surface area contributed by atoms with Crippen LogP contribution in [0, 0.1) is 0 Å². The lowest BCUT2D eigenvalue weighted by atomic mass is 10.2. The number of ether oxygens (including phenoxy) is 1. The summed E-state index contributed by atoms with van der Waals surface area (Å²) in [5.41, 5.74) is 0.702.